The SMILES string of the molecule is CCCN(Cc1ccc(C)cc1Cl)C1COCC1C(=O)O. The molecule has 4 nitrogen and oxygen atoms in total. The van der Waals surface area contributed by atoms with Crippen LogP contribution in [0.3, 0.4) is 0 Å². The van der Waals surface area contributed by atoms with Gasteiger partial charge in [0.2, 0.25) is 0 Å². The lowest BCUT2D eigenvalue weighted by atomic mass is 10.0. The number of benzene rings is 1. The first kappa shape index (κ1) is 16.3. The summed E-state index contributed by atoms with van der Waals surface area (Å²) in [5, 5.41) is 10.1. The van der Waals surface area contributed by atoms with Crippen LogP contribution in [0.25, 0.3) is 0 Å². The Morgan fingerprint density at radius 1 is 1.48 bits per heavy atom. The van der Waals surface area contributed by atoms with E-state index < -0.39 is 11.9 Å². The van der Waals surface area contributed by atoms with Gasteiger partial charge in [0, 0.05) is 17.6 Å². The number of halogens is 1. The van der Waals surface area contributed by atoms with Gasteiger partial charge in [-0.05, 0) is 37.1 Å². The van der Waals surface area contributed by atoms with Crippen LogP contribution in [0.5, 0.6) is 0 Å². The van der Waals surface area contributed by atoms with Crippen molar-refractivity contribution in [2.45, 2.75) is 32.9 Å². The van der Waals surface area contributed by atoms with Crippen molar-refractivity contribution in [1.29, 1.82) is 0 Å². The molecule has 1 fully saturated rings. The summed E-state index contributed by atoms with van der Waals surface area (Å²) in [6.45, 7) is 6.36. The number of aryl methyl sites for hydroxylation is 1. The molecule has 2 atom stereocenters. The van der Waals surface area contributed by atoms with Gasteiger partial charge in [0.25, 0.3) is 0 Å². The van der Waals surface area contributed by atoms with Crippen LogP contribution in [-0.2, 0) is 16.1 Å². The van der Waals surface area contributed by atoms with E-state index >= 15 is 0 Å². The average Bonchev–Trinajstić information content (AvgIpc) is 2.90. The van der Waals surface area contributed by atoms with Crippen LogP contribution in [0, 0.1) is 12.8 Å². The zero-order valence-corrected chi connectivity index (χ0v) is 13.3. The maximum atomic E-state index is 11.4. The molecule has 116 valence electrons. The van der Waals surface area contributed by atoms with Gasteiger partial charge in [-0.15, -0.1) is 0 Å². The number of carboxylic acid groups (broad SMARTS) is 1. The number of ether oxygens (including phenoxy) is 1. The molecule has 0 amide bonds. The standard InChI is InChI=1S/C16H22ClNO3/c1-3-6-18(15-10-21-9-13(15)16(19)20)8-12-5-4-11(2)7-14(12)17/h4-5,7,13,15H,3,6,8-10H2,1-2H3,(H,19,20). The summed E-state index contributed by atoms with van der Waals surface area (Å²) < 4.78 is 5.39. The van der Waals surface area contributed by atoms with E-state index in [-0.39, 0.29) is 6.04 Å². The van der Waals surface area contributed by atoms with E-state index in [4.69, 9.17) is 16.3 Å². The summed E-state index contributed by atoms with van der Waals surface area (Å²) in [4.78, 5) is 13.5. The highest BCUT2D eigenvalue weighted by molar-refractivity contribution is 6.31. The van der Waals surface area contributed by atoms with Crippen molar-refractivity contribution in [3.8, 4) is 0 Å². The molecule has 0 aliphatic carbocycles. The molecule has 0 saturated carbocycles. The molecule has 1 saturated heterocycles. The number of aliphatic carboxylic acids is 1. The first-order chi connectivity index (χ1) is 10.0. The minimum absolute atomic E-state index is 0.0835. The van der Waals surface area contributed by atoms with Gasteiger partial charge in [-0.25, -0.2) is 0 Å². The topological polar surface area (TPSA) is 49.8 Å². The summed E-state index contributed by atoms with van der Waals surface area (Å²) in [7, 11) is 0. The molecular weight excluding hydrogens is 290 g/mol. The zero-order valence-electron chi connectivity index (χ0n) is 12.5. The molecule has 1 aromatic rings. The Hall–Kier alpha value is -1.10. The van der Waals surface area contributed by atoms with Crippen molar-refractivity contribution in [1.82, 2.24) is 4.90 Å². The summed E-state index contributed by atoms with van der Waals surface area (Å²) in [6, 6.07) is 5.91. The molecule has 1 heterocycles. The van der Waals surface area contributed by atoms with Crippen molar-refractivity contribution >= 4 is 17.6 Å². The van der Waals surface area contributed by atoms with Crippen molar-refractivity contribution in [3.05, 3.63) is 34.3 Å². The third-order valence-electron chi connectivity index (χ3n) is 3.93. The molecule has 5 heteroatoms. The van der Waals surface area contributed by atoms with E-state index in [1.807, 2.05) is 25.1 Å². The highest BCUT2D eigenvalue weighted by atomic mass is 35.5. The monoisotopic (exact) mass is 311 g/mol. The molecule has 2 rings (SSSR count). The van der Waals surface area contributed by atoms with Crippen LogP contribution in [0.1, 0.15) is 24.5 Å². The number of carbonyl (C=O) groups is 1. The van der Waals surface area contributed by atoms with Crippen molar-refractivity contribution in [2.75, 3.05) is 19.8 Å². The van der Waals surface area contributed by atoms with Crippen molar-refractivity contribution in [3.63, 3.8) is 0 Å². The van der Waals surface area contributed by atoms with Crippen LogP contribution >= 0.6 is 11.6 Å². The maximum absolute atomic E-state index is 11.4. The first-order valence-electron chi connectivity index (χ1n) is 7.32. The predicted octanol–water partition coefficient (Wildman–Crippen LogP) is 2.96. The molecule has 0 aromatic heterocycles. The molecule has 0 bridgehead atoms. The molecular formula is C16H22ClNO3. The second-order valence-electron chi connectivity index (χ2n) is 5.61. The Labute approximate surface area is 130 Å². The molecule has 1 aliphatic heterocycles. The quantitative estimate of drug-likeness (QED) is 0.877. The number of hydrogen-bond donors (Lipinski definition) is 1. The number of hydrogen-bond acceptors (Lipinski definition) is 3. The normalized spacial score (nSPS) is 21.9. The summed E-state index contributed by atoms with van der Waals surface area (Å²) in [6.07, 6.45) is 0.965. The lowest BCUT2D eigenvalue weighted by Gasteiger charge is -2.30. The van der Waals surface area contributed by atoms with Crippen molar-refractivity contribution in [2.24, 2.45) is 5.92 Å². The Bertz CT molecular complexity index is 506. The van der Waals surface area contributed by atoms with Gasteiger partial charge in [-0.2, -0.15) is 0 Å². The minimum atomic E-state index is -0.784. The summed E-state index contributed by atoms with van der Waals surface area (Å²) >= 11 is 6.31. The molecule has 0 spiro atoms. The van der Waals surface area contributed by atoms with Crippen LogP contribution < -0.4 is 0 Å². The van der Waals surface area contributed by atoms with Gasteiger partial charge < -0.3 is 9.84 Å². The molecule has 0 radical (unpaired) electrons. The maximum Gasteiger partial charge on any atom is 0.310 e. The van der Waals surface area contributed by atoms with E-state index in [9.17, 15) is 9.90 Å². The fourth-order valence-electron chi connectivity index (χ4n) is 2.79. The molecule has 1 aromatic carbocycles. The number of nitrogens with zero attached hydrogens (tertiary/aromatic N) is 1. The second-order valence-corrected chi connectivity index (χ2v) is 6.02. The van der Waals surface area contributed by atoms with Gasteiger partial charge in [-0.3, -0.25) is 9.69 Å². The molecule has 1 N–H and O–H groups in total. The number of carboxylic acids is 1. The van der Waals surface area contributed by atoms with E-state index in [2.05, 4.69) is 11.8 Å². The van der Waals surface area contributed by atoms with Crippen LogP contribution in [0.4, 0.5) is 0 Å². The number of rotatable bonds is 6. The summed E-state index contributed by atoms with van der Waals surface area (Å²) in [5.74, 6) is -1.24. The molecule has 1 aliphatic rings. The predicted molar refractivity (Wildman–Crippen MR) is 82.6 cm³/mol. The lowest BCUT2D eigenvalue weighted by Crippen LogP contribution is -2.43. The van der Waals surface area contributed by atoms with Gasteiger partial charge in [0.15, 0.2) is 0 Å². The van der Waals surface area contributed by atoms with Gasteiger partial charge in [0.1, 0.15) is 0 Å². The highest BCUT2D eigenvalue weighted by Gasteiger charge is 2.37. The Balaban J connectivity index is 2.16. The van der Waals surface area contributed by atoms with Crippen LogP contribution in [0.15, 0.2) is 18.2 Å². The Morgan fingerprint density at radius 3 is 2.86 bits per heavy atom. The van der Waals surface area contributed by atoms with Crippen LogP contribution in [0.2, 0.25) is 5.02 Å². The lowest BCUT2D eigenvalue weighted by molar-refractivity contribution is -0.143. The minimum Gasteiger partial charge on any atom is -0.481 e. The van der Waals surface area contributed by atoms with E-state index in [0.29, 0.717) is 19.8 Å². The smallest absolute Gasteiger partial charge is 0.310 e. The largest absolute Gasteiger partial charge is 0.481 e. The van der Waals surface area contributed by atoms with Gasteiger partial charge >= 0.3 is 5.97 Å². The fraction of sp³-hybridized carbons (Fsp3) is 0.562. The third kappa shape index (κ3) is 3.96. The van der Waals surface area contributed by atoms with E-state index in [1.54, 1.807) is 0 Å². The van der Waals surface area contributed by atoms with Gasteiger partial charge in [0.05, 0.1) is 19.1 Å². The van der Waals surface area contributed by atoms with Gasteiger partial charge in [-0.1, -0.05) is 30.7 Å². The van der Waals surface area contributed by atoms with E-state index in [0.717, 1.165) is 29.1 Å². The Kier molecular flexibility index (Phi) is 5.62. The fourth-order valence-corrected chi connectivity index (χ4v) is 3.08. The van der Waals surface area contributed by atoms with Crippen LogP contribution in [-0.4, -0.2) is 41.8 Å². The zero-order chi connectivity index (χ0) is 15.4. The summed E-state index contributed by atoms with van der Waals surface area (Å²) in [5.41, 5.74) is 2.16. The first-order valence-corrected chi connectivity index (χ1v) is 7.70. The second kappa shape index (κ2) is 7.25. The molecule has 21 heavy (non-hydrogen) atoms. The third-order valence-corrected chi connectivity index (χ3v) is 4.28. The average molecular weight is 312 g/mol. The highest BCUT2D eigenvalue weighted by Crippen LogP contribution is 2.25. The molecule has 2 unspecified atom stereocenters. The van der Waals surface area contributed by atoms with Crippen molar-refractivity contribution < 1.29 is 14.6 Å². The van der Waals surface area contributed by atoms with E-state index in [1.165, 1.54) is 0 Å². The Morgan fingerprint density at radius 2 is 2.24 bits per heavy atom.